The van der Waals surface area contributed by atoms with Crippen LogP contribution in [0.25, 0.3) is 0 Å². The first-order chi connectivity index (χ1) is 13.5. The first-order valence-electron chi connectivity index (χ1n) is 9.08. The molecule has 2 N–H and O–H groups in total. The van der Waals surface area contributed by atoms with Crippen LogP contribution in [0.4, 0.5) is 10.1 Å². The zero-order valence-electron chi connectivity index (χ0n) is 16.6. The van der Waals surface area contributed by atoms with Crippen LogP contribution in [0.1, 0.15) is 26.7 Å². The Morgan fingerprint density at radius 1 is 1.07 bits per heavy atom. The van der Waals surface area contributed by atoms with E-state index >= 15 is 0 Å². The van der Waals surface area contributed by atoms with Gasteiger partial charge in [-0.1, -0.05) is 36.4 Å². The SMILES string of the molecule is CCN1C(=O)CC/C(=C(\C)N)C1=Nc1ccccc1.CS.Fc1ccccc1. The summed E-state index contributed by atoms with van der Waals surface area (Å²) in [5.41, 5.74) is 8.49. The molecule has 0 atom stereocenters. The summed E-state index contributed by atoms with van der Waals surface area (Å²) >= 11 is 3.53. The molecule has 1 fully saturated rings. The Hall–Kier alpha value is -2.60. The molecule has 0 aliphatic carbocycles. The van der Waals surface area contributed by atoms with Crippen molar-refractivity contribution in [3.05, 3.63) is 77.8 Å². The number of nitrogens with two attached hydrogens (primary N) is 1. The fourth-order valence-corrected chi connectivity index (χ4v) is 2.63. The van der Waals surface area contributed by atoms with Crippen LogP contribution in [-0.2, 0) is 4.79 Å². The molecule has 1 amide bonds. The zero-order chi connectivity index (χ0) is 20.9. The number of rotatable bonds is 2. The standard InChI is InChI=1S/C15H19N3O.C6H5F.CH4S/c1-3-18-14(19)10-9-13(11(2)16)15(18)17-12-7-5-4-6-8-12;7-6-4-2-1-3-5-6;1-2/h4-8H,3,9-10,16H2,1-2H3;1-5H;2H,1H3/b13-11-,17-15?;;. The van der Waals surface area contributed by atoms with Crippen LogP contribution < -0.4 is 5.73 Å². The van der Waals surface area contributed by atoms with Gasteiger partial charge in [-0.2, -0.15) is 12.6 Å². The summed E-state index contributed by atoms with van der Waals surface area (Å²) in [6.07, 6.45) is 2.87. The highest BCUT2D eigenvalue weighted by Gasteiger charge is 2.27. The second-order valence-corrected chi connectivity index (χ2v) is 5.87. The number of carbonyl (C=O) groups excluding carboxylic acids is 1. The van der Waals surface area contributed by atoms with Crippen LogP contribution in [0.3, 0.4) is 0 Å². The Balaban J connectivity index is 0.000000363. The molecule has 0 radical (unpaired) electrons. The highest BCUT2D eigenvalue weighted by molar-refractivity contribution is 7.79. The van der Waals surface area contributed by atoms with Gasteiger partial charge in [0.25, 0.3) is 0 Å². The summed E-state index contributed by atoms with van der Waals surface area (Å²) < 4.78 is 11.9. The van der Waals surface area contributed by atoms with Crippen molar-refractivity contribution in [2.24, 2.45) is 10.7 Å². The van der Waals surface area contributed by atoms with Crippen LogP contribution in [0.15, 0.2) is 76.9 Å². The van der Waals surface area contributed by atoms with Crippen molar-refractivity contribution < 1.29 is 9.18 Å². The molecule has 1 saturated heterocycles. The van der Waals surface area contributed by atoms with Crippen molar-refractivity contribution in [1.29, 1.82) is 0 Å². The van der Waals surface area contributed by atoms with E-state index in [0.717, 1.165) is 17.0 Å². The van der Waals surface area contributed by atoms with E-state index < -0.39 is 0 Å². The molecule has 0 saturated carbocycles. The number of halogens is 1. The number of amidine groups is 1. The van der Waals surface area contributed by atoms with Crippen LogP contribution in [-0.4, -0.2) is 29.4 Å². The largest absolute Gasteiger partial charge is 0.402 e. The molecule has 150 valence electrons. The summed E-state index contributed by atoms with van der Waals surface area (Å²) in [6.45, 7) is 4.42. The van der Waals surface area contributed by atoms with E-state index in [1.165, 1.54) is 12.1 Å². The molecular weight excluding hydrogens is 373 g/mol. The van der Waals surface area contributed by atoms with Gasteiger partial charge < -0.3 is 5.73 Å². The van der Waals surface area contributed by atoms with Crippen molar-refractivity contribution >= 4 is 30.1 Å². The van der Waals surface area contributed by atoms with Gasteiger partial charge in [-0.05, 0) is 50.8 Å². The summed E-state index contributed by atoms with van der Waals surface area (Å²) in [7, 11) is 0. The quantitative estimate of drug-likeness (QED) is 0.699. The molecule has 1 heterocycles. The number of hydrogen-bond donors (Lipinski definition) is 2. The molecule has 2 aromatic carbocycles. The zero-order valence-corrected chi connectivity index (χ0v) is 17.5. The maximum absolute atomic E-state index is 12.0. The summed E-state index contributed by atoms with van der Waals surface area (Å²) in [5, 5.41) is 0. The fraction of sp³-hybridized carbons (Fsp3) is 0.273. The number of piperidine rings is 1. The van der Waals surface area contributed by atoms with Crippen LogP contribution in [0.5, 0.6) is 0 Å². The Bertz CT molecular complexity index is 788. The second kappa shape index (κ2) is 12.7. The molecule has 0 spiro atoms. The highest BCUT2D eigenvalue weighted by Crippen LogP contribution is 2.24. The minimum atomic E-state index is -0.178. The third kappa shape index (κ3) is 7.19. The van der Waals surface area contributed by atoms with Gasteiger partial charge in [0, 0.05) is 24.2 Å². The molecule has 2 aromatic rings. The molecule has 0 aromatic heterocycles. The molecule has 28 heavy (non-hydrogen) atoms. The van der Waals surface area contributed by atoms with Crippen molar-refractivity contribution in [2.45, 2.75) is 26.7 Å². The lowest BCUT2D eigenvalue weighted by atomic mass is 10.0. The van der Waals surface area contributed by atoms with Crippen LogP contribution in [0, 0.1) is 5.82 Å². The number of allylic oxidation sites excluding steroid dienone is 1. The Morgan fingerprint density at radius 3 is 2.04 bits per heavy atom. The van der Waals surface area contributed by atoms with E-state index in [1.54, 1.807) is 29.4 Å². The van der Waals surface area contributed by atoms with E-state index in [9.17, 15) is 9.18 Å². The topological polar surface area (TPSA) is 58.7 Å². The van der Waals surface area contributed by atoms with Crippen molar-refractivity contribution in [3.8, 4) is 0 Å². The third-order valence-corrected chi connectivity index (χ3v) is 3.93. The van der Waals surface area contributed by atoms with Gasteiger partial charge in [-0.25, -0.2) is 9.38 Å². The molecule has 4 nitrogen and oxygen atoms in total. The van der Waals surface area contributed by atoms with E-state index in [2.05, 4.69) is 17.6 Å². The number of para-hydroxylation sites is 1. The number of thiol groups is 1. The maximum Gasteiger partial charge on any atom is 0.228 e. The lowest BCUT2D eigenvalue weighted by molar-refractivity contribution is -0.127. The highest BCUT2D eigenvalue weighted by atomic mass is 32.1. The van der Waals surface area contributed by atoms with E-state index in [-0.39, 0.29) is 11.7 Å². The normalized spacial score (nSPS) is 16.5. The Kier molecular flexibility index (Phi) is 10.7. The first kappa shape index (κ1) is 23.4. The van der Waals surface area contributed by atoms with Crippen molar-refractivity contribution in [3.63, 3.8) is 0 Å². The smallest absolute Gasteiger partial charge is 0.228 e. The molecule has 0 unspecified atom stereocenters. The molecule has 0 bridgehead atoms. The summed E-state index contributed by atoms with van der Waals surface area (Å²) in [4.78, 5) is 18.3. The Morgan fingerprint density at radius 2 is 1.61 bits per heavy atom. The van der Waals surface area contributed by atoms with Crippen molar-refractivity contribution in [2.75, 3.05) is 12.8 Å². The minimum Gasteiger partial charge on any atom is -0.402 e. The number of benzene rings is 2. The number of likely N-dealkylation sites (N-methyl/N-ethyl adjacent to an activating group) is 1. The predicted molar refractivity (Wildman–Crippen MR) is 118 cm³/mol. The van der Waals surface area contributed by atoms with Gasteiger partial charge >= 0.3 is 0 Å². The van der Waals surface area contributed by atoms with Gasteiger partial charge in [0.1, 0.15) is 11.7 Å². The van der Waals surface area contributed by atoms with Crippen LogP contribution >= 0.6 is 12.6 Å². The number of nitrogens with zero attached hydrogens (tertiary/aromatic N) is 2. The summed E-state index contributed by atoms with van der Waals surface area (Å²) in [6, 6.07) is 17.6. The predicted octanol–water partition coefficient (Wildman–Crippen LogP) is 4.96. The Labute approximate surface area is 172 Å². The minimum absolute atomic E-state index is 0.113. The van der Waals surface area contributed by atoms with E-state index in [4.69, 9.17) is 5.73 Å². The van der Waals surface area contributed by atoms with Crippen molar-refractivity contribution in [1.82, 2.24) is 4.90 Å². The number of hydrogen-bond acceptors (Lipinski definition) is 4. The van der Waals surface area contributed by atoms with Gasteiger partial charge in [-0.15, -0.1) is 0 Å². The average Bonchev–Trinajstić information content (AvgIpc) is 2.71. The molecule has 1 aliphatic rings. The molecule has 1 aliphatic heterocycles. The third-order valence-electron chi connectivity index (χ3n) is 3.93. The van der Waals surface area contributed by atoms with Gasteiger partial charge in [-0.3, -0.25) is 9.69 Å². The molecular formula is C22H28FN3OS. The van der Waals surface area contributed by atoms with E-state index in [0.29, 0.717) is 25.2 Å². The number of likely N-dealkylation sites (tertiary alicyclic amines) is 1. The van der Waals surface area contributed by atoms with Crippen LogP contribution in [0.2, 0.25) is 0 Å². The number of amides is 1. The monoisotopic (exact) mass is 401 g/mol. The maximum atomic E-state index is 12.0. The molecule has 6 heteroatoms. The first-order valence-corrected chi connectivity index (χ1v) is 9.97. The van der Waals surface area contributed by atoms with Gasteiger partial charge in [0.15, 0.2) is 0 Å². The molecule has 3 rings (SSSR count). The average molecular weight is 402 g/mol. The lowest BCUT2D eigenvalue weighted by Gasteiger charge is -2.30. The van der Waals surface area contributed by atoms with Gasteiger partial charge in [0.05, 0.1) is 5.69 Å². The fourth-order valence-electron chi connectivity index (χ4n) is 2.63. The van der Waals surface area contributed by atoms with E-state index in [1.807, 2.05) is 44.2 Å². The summed E-state index contributed by atoms with van der Waals surface area (Å²) in [5.74, 6) is 0.634. The number of aliphatic imine (C=N–C) groups is 1. The number of carbonyl (C=O) groups is 1. The second-order valence-electron chi connectivity index (χ2n) is 5.87. The lowest BCUT2D eigenvalue weighted by Crippen LogP contribution is -2.42. The van der Waals surface area contributed by atoms with Gasteiger partial charge in [0.2, 0.25) is 5.91 Å².